The number of aromatic hydroxyl groups is 1. The maximum atomic E-state index is 12.7. The molecule has 0 saturated carbocycles. The van der Waals surface area contributed by atoms with Crippen molar-refractivity contribution in [1.82, 2.24) is 0 Å². The lowest BCUT2D eigenvalue weighted by atomic mass is 9.94. The summed E-state index contributed by atoms with van der Waals surface area (Å²) in [5, 5.41) is 28.8. The van der Waals surface area contributed by atoms with Gasteiger partial charge in [-0.3, -0.25) is 14.5 Å². The molecule has 0 bridgehead atoms. The normalized spacial score (nSPS) is 16.7. The van der Waals surface area contributed by atoms with Gasteiger partial charge in [-0.2, -0.15) is 5.26 Å². The zero-order valence-corrected chi connectivity index (χ0v) is 14.0. The molecule has 0 aliphatic carbocycles. The van der Waals surface area contributed by atoms with Crippen LogP contribution in [0.15, 0.2) is 59.9 Å². The number of ketones is 1. The molecule has 2 aromatic carbocycles. The smallest absolute Gasteiger partial charge is 0.294 e. The maximum Gasteiger partial charge on any atom is 0.294 e. The first-order valence-electron chi connectivity index (χ1n) is 8.07. The predicted molar refractivity (Wildman–Crippen MR) is 94.4 cm³/mol. The number of nitriles is 1. The van der Waals surface area contributed by atoms with Crippen molar-refractivity contribution in [1.29, 1.82) is 5.26 Å². The number of hydrogen-bond acceptors (Lipinski definition) is 5. The highest BCUT2D eigenvalue weighted by Gasteiger charge is 2.43. The molecule has 0 saturated heterocycles. The highest BCUT2D eigenvalue weighted by molar-refractivity contribution is 6.16. The van der Waals surface area contributed by atoms with E-state index in [1.165, 1.54) is 17.0 Å². The number of aliphatic hydroxyl groups is 1. The summed E-state index contributed by atoms with van der Waals surface area (Å²) >= 11 is 0. The van der Waals surface area contributed by atoms with Gasteiger partial charge < -0.3 is 10.2 Å². The lowest BCUT2D eigenvalue weighted by molar-refractivity contribution is -0.118. The molecular formula is C20H16N2O4. The minimum absolute atomic E-state index is 0.0348. The Labute approximate surface area is 150 Å². The van der Waals surface area contributed by atoms with Crippen molar-refractivity contribution in [3.63, 3.8) is 0 Å². The molecule has 1 amide bonds. The summed E-state index contributed by atoms with van der Waals surface area (Å²) in [7, 11) is 0. The van der Waals surface area contributed by atoms with Crippen LogP contribution in [0.1, 0.15) is 30.5 Å². The van der Waals surface area contributed by atoms with Crippen molar-refractivity contribution in [3.05, 3.63) is 71.0 Å². The number of anilines is 1. The van der Waals surface area contributed by atoms with Crippen LogP contribution in [0.4, 0.5) is 5.69 Å². The molecule has 0 aromatic heterocycles. The van der Waals surface area contributed by atoms with Gasteiger partial charge in [-0.1, -0.05) is 19.1 Å². The van der Waals surface area contributed by atoms with Crippen LogP contribution in [0.5, 0.6) is 5.75 Å². The Balaban J connectivity index is 2.15. The van der Waals surface area contributed by atoms with Crippen molar-refractivity contribution in [2.45, 2.75) is 19.4 Å². The highest BCUT2D eigenvalue weighted by atomic mass is 16.3. The third kappa shape index (κ3) is 2.80. The van der Waals surface area contributed by atoms with E-state index in [1.807, 2.05) is 6.07 Å². The van der Waals surface area contributed by atoms with Crippen molar-refractivity contribution >= 4 is 17.4 Å². The third-order valence-electron chi connectivity index (χ3n) is 4.31. The molecule has 1 heterocycles. The van der Waals surface area contributed by atoms with Gasteiger partial charge in [0.2, 0.25) is 0 Å². The molecule has 6 nitrogen and oxygen atoms in total. The largest absolute Gasteiger partial charge is 0.508 e. The number of phenols is 1. The highest BCUT2D eigenvalue weighted by Crippen LogP contribution is 2.41. The summed E-state index contributed by atoms with van der Waals surface area (Å²) in [6.07, 6.45) is 0.141. The summed E-state index contributed by atoms with van der Waals surface area (Å²) in [5.74, 6) is -1.52. The first kappa shape index (κ1) is 17.2. The van der Waals surface area contributed by atoms with Gasteiger partial charge in [0.15, 0.2) is 11.5 Å². The number of nitrogens with zero attached hydrogens (tertiary/aromatic N) is 2. The van der Waals surface area contributed by atoms with Crippen LogP contribution in [-0.2, 0) is 9.59 Å². The molecule has 1 unspecified atom stereocenters. The quantitative estimate of drug-likeness (QED) is 0.884. The predicted octanol–water partition coefficient (Wildman–Crippen LogP) is 3.14. The SMILES string of the molecule is CCC(=O)C1=C(O)C(=O)N(c2ccc(C#N)cc2)C1c1ccc(O)cc1. The summed E-state index contributed by atoms with van der Waals surface area (Å²) in [6, 6.07) is 13.6. The number of aliphatic hydroxyl groups excluding tert-OH is 1. The van der Waals surface area contributed by atoms with Crippen molar-refractivity contribution in [2.75, 3.05) is 4.90 Å². The number of hydrogen-bond donors (Lipinski definition) is 2. The number of phenolic OH excluding ortho intramolecular Hbond substituents is 1. The third-order valence-corrected chi connectivity index (χ3v) is 4.31. The number of amides is 1. The zero-order chi connectivity index (χ0) is 18.8. The minimum atomic E-state index is -0.802. The second kappa shape index (κ2) is 6.73. The van der Waals surface area contributed by atoms with E-state index in [0.717, 1.165) is 0 Å². The number of benzene rings is 2. The van der Waals surface area contributed by atoms with E-state index < -0.39 is 17.7 Å². The van der Waals surface area contributed by atoms with Gasteiger partial charge in [0.05, 0.1) is 23.2 Å². The van der Waals surface area contributed by atoms with E-state index in [1.54, 1.807) is 43.3 Å². The van der Waals surface area contributed by atoms with E-state index in [4.69, 9.17) is 5.26 Å². The Kier molecular flexibility index (Phi) is 4.46. The molecule has 2 N–H and O–H groups in total. The van der Waals surface area contributed by atoms with E-state index in [-0.39, 0.29) is 23.5 Å². The topological polar surface area (TPSA) is 102 Å². The van der Waals surface area contributed by atoms with Crippen LogP contribution in [0.2, 0.25) is 0 Å². The molecule has 0 fully saturated rings. The van der Waals surface area contributed by atoms with Gasteiger partial charge in [0.25, 0.3) is 5.91 Å². The fraction of sp³-hybridized carbons (Fsp3) is 0.150. The summed E-state index contributed by atoms with van der Waals surface area (Å²) in [5.41, 5.74) is 1.51. The van der Waals surface area contributed by atoms with Crippen LogP contribution in [0.25, 0.3) is 0 Å². The van der Waals surface area contributed by atoms with E-state index in [0.29, 0.717) is 16.8 Å². The summed E-state index contributed by atoms with van der Waals surface area (Å²) in [6.45, 7) is 1.66. The fourth-order valence-corrected chi connectivity index (χ4v) is 3.02. The molecule has 0 radical (unpaired) electrons. The van der Waals surface area contributed by atoms with Crippen molar-refractivity contribution < 1.29 is 19.8 Å². The van der Waals surface area contributed by atoms with Gasteiger partial charge in [0.1, 0.15) is 5.75 Å². The summed E-state index contributed by atoms with van der Waals surface area (Å²) < 4.78 is 0. The average Bonchev–Trinajstić information content (AvgIpc) is 2.93. The standard InChI is InChI=1S/C20H16N2O4/c1-2-16(24)17-18(13-5-9-15(23)10-6-13)22(20(26)19(17)25)14-7-3-12(11-21)4-8-14/h3-10,18,23,25H,2H2,1H3. The number of Topliss-reactive ketones (excluding diaryl/α,β-unsaturated/α-hetero) is 1. The Morgan fingerprint density at radius 3 is 2.27 bits per heavy atom. The first-order chi connectivity index (χ1) is 12.5. The number of carbonyl (C=O) groups excluding carboxylic acids is 2. The second-order valence-electron chi connectivity index (χ2n) is 5.87. The van der Waals surface area contributed by atoms with Gasteiger partial charge >= 0.3 is 0 Å². The van der Waals surface area contributed by atoms with Gasteiger partial charge in [-0.15, -0.1) is 0 Å². The molecule has 2 aromatic rings. The Morgan fingerprint density at radius 2 is 1.73 bits per heavy atom. The van der Waals surface area contributed by atoms with Crippen molar-refractivity contribution in [3.8, 4) is 11.8 Å². The molecule has 1 aliphatic heterocycles. The Bertz CT molecular complexity index is 937. The molecule has 3 rings (SSSR count). The monoisotopic (exact) mass is 348 g/mol. The number of carbonyl (C=O) groups is 2. The molecular weight excluding hydrogens is 332 g/mol. The molecule has 6 heteroatoms. The van der Waals surface area contributed by atoms with Crippen LogP contribution in [0.3, 0.4) is 0 Å². The Hall–Kier alpha value is -3.59. The van der Waals surface area contributed by atoms with Crippen LogP contribution in [-0.4, -0.2) is 21.9 Å². The molecule has 26 heavy (non-hydrogen) atoms. The molecule has 0 spiro atoms. The number of rotatable bonds is 4. The van der Waals surface area contributed by atoms with E-state index in [9.17, 15) is 19.8 Å². The Morgan fingerprint density at radius 1 is 1.12 bits per heavy atom. The van der Waals surface area contributed by atoms with Crippen LogP contribution < -0.4 is 4.90 Å². The minimum Gasteiger partial charge on any atom is -0.508 e. The van der Waals surface area contributed by atoms with Gasteiger partial charge in [-0.25, -0.2) is 0 Å². The first-order valence-corrected chi connectivity index (χ1v) is 8.07. The van der Waals surface area contributed by atoms with E-state index in [2.05, 4.69) is 0 Å². The molecule has 1 atom stereocenters. The zero-order valence-electron chi connectivity index (χ0n) is 14.0. The molecule has 130 valence electrons. The molecule has 1 aliphatic rings. The van der Waals surface area contributed by atoms with Gasteiger partial charge in [-0.05, 0) is 42.0 Å². The fourth-order valence-electron chi connectivity index (χ4n) is 3.02. The maximum absolute atomic E-state index is 12.7. The van der Waals surface area contributed by atoms with Crippen LogP contribution in [0, 0.1) is 11.3 Å². The van der Waals surface area contributed by atoms with Crippen molar-refractivity contribution in [2.24, 2.45) is 0 Å². The summed E-state index contributed by atoms with van der Waals surface area (Å²) in [4.78, 5) is 26.4. The average molecular weight is 348 g/mol. The van der Waals surface area contributed by atoms with Crippen LogP contribution >= 0.6 is 0 Å². The van der Waals surface area contributed by atoms with Gasteiger partial charge in [0, 0.05) is 12.1 Å². The van der Waals surface area contributed by atoms with E-state index >= 15 is 0 Å². The lowest BCUT2D eigenvalue weighted by Crippen LogP contribution is -2.30. The second-order valence-corrected chi connectivity index (χ2v) is 5.87. The lowest BCUT2D eigenvalue weighted by Gasteiger charge is -2.27.